The first-order valence-corrected chi connectivity index (χ1v) is 10.00. The van der Waals surface area contributed by atoms with Crippen molar-refractivity contribution in [1.29, 1.82) is 0 Å². The molecule has 7 nitrogen and oxygen atoms in total. The van der Waals surface area contributed by atoms with Crippen molar-refractivity contribution in [3.05, 3.63) is 46.7 Å². The standard InChI is InChI=1S/C22H25NO6/c1-27-12-11-23-18(13-7-9-14(10-8-13)22(26)28-2)17-19(24)15-5-3-4-6-16(15)29-20(17)21(23)25/h7-10,15-16,18H,3-6,11-12H2,1-2H3. The molecule has 3 atom stereocenters. The van der Waals surface area contributed by atoms with Crippen molar-refractivity contribution in [3.63, 3.8) is 0 Å². The molecule has 1 aliphatic carbocycles. The lowest BCUT2D eigenvalue weighted by Gasteiger charge is -2.35. The van der Waals surface area contributed by atoms with Gasteiger partial charge in [-0.15, -0.1) is 0 Å². The van der Waals surface area contributed by atoms with E-state index in [0.717, 1.165) is 31.2 Å². The molecule has 1 aromatic rings. The number of methoxy groups -OCH3 is 2. The molecule has 2 aliphatic heterocycles. The predicted octanol–water partition coefficient (Wildman–Crippen LogP) is 2.42. The monoisotopic (exact) mass is 399 g/mol. The zero-order valence-electron chi connectivity index (χ0n) is 16.7. The Labute approximate surface area is 169 Å². The molecule has 1 amide bonds. The van der Waals surface area contributed by atoms with Crippen LogP contribution >= 0.6 is 0 Å². The second-order valence-corrected chi connectivity index (χ2v) is 7.66. The second kappa shape index (κ2) is 7.99. The molecule has 0 radical (unpaired) electrons. The van der Waals surface area contributed by atoms with E-state index >= 15 is 0 Å². The van der Waals surface area contributed by atoms with E-state index in [2.05, 4.69) is 0 Å². The van der Waals surface area contributed by atoms with Gasteiger partial charge in [0, 0.05) is 13.7 Å². The summed E-state index contributed by atoms with van der Waals surface area (Å²) in [4.78, 5) is 39.9. The first kappa shape index (κ1) is 19.6. The number of carbonyl (C=O) groups excluding carboxylic acids is 3. The van der Waals surface area contributed by atoms with E-state index in [4.69, 9.17) is 14.2 Å². The number of hydrogen-bond donors (Lipinski definition) is 0. The topological polar surface area (TPSA) is 82.1 Å². The Kier molecular flexibility index (Phi) is 5.41. The average molecular weight is 399 g/mol. The maximum Gasteiger partial charge on any atom is 0.337 e. The number of fused-ring (bicyclic) bond motifs is 1. The Bertz CT molecular complexity index is 859. The lowest BCUT2D eigenvalue weighted by atomic mass is 9.77. The molecule has 1 saturated carbocycles. The summed E-state index contributed by atoms with van der Waals surface area (Å²) in [6.45, 7) is 0.696. The predicted molar refractivity (Wildman–Crippen MR) is 103 cm³/mol. The fourth-order valence-electron chi connectivity index (χ4n) is 4.58. The summed E-state index contributed by atoms with van der Waals surface area (Å²) in [5.41, 5.74) is 1.62. The van der Waals surface area contributed by atoms with Gasteiger partial charge in [0.1, 0.15) is 6.10 Å². The van der Waals surface area contributed by atoms with Crippen molar-refractivity contribution >= 4 is 17.7 Å². The van der Waals surface area contributed by atoms with Crippen molar-refractivity contribution in [3.8, 4) is 0 Å². The van der Waals surface area contributed by atoms with Crippen LogP contribution in [-0.2, 0) is 23.8 Å². The average Bonchev–Trinajstić information content (AvgIpc) is 3.04. The molecule has 0 saturated heterocycles. The van der Waals surface area contributed by atoms with Crippen LogP contribution in [0.1, 0.15) is 47.6 Å². The minimum absolute atomic E-state index is 0.0197. The largest absolute Gasteiger partial charge is 0.483 e. The number of Topliss-reactive ketones (excluding diaryl/α,β-unsaturated/α-hetero) is 1. The molecule has 7 heteroatoms. The number of nitrogens with zero attached hydrogens (tertiary/aromatic N) is 1. The maximum atomic E-state index is 13.4. The summed E-state index contributed by atoms with van der Waals surface area (Å²) in [6, 6.07) is 6.29. The van der Waals surface area contributed by atoms with Crippen LogP contribution in [0.2, 0.25) is 0 Å². The Morgan fingerprint density at radius 2 is 1.86 bits per heavy atom. The minimum Gasteiger partial charge on any atom is -0.483 e. The molecule has 3 aliphatic rings. The molecular weight excluding hydrogens is 374 g/mol. The van der Waals surface area contributed by atoms with Gasteiger partial charge in [0.05, 0.1) is 36.8 Å². The fourth-order valence-corrected chi connectivity index (χ4v) is 4.58. The smallest absolute Gasteiger partial charge is 0.337 e. The molecule has 0 bridgehead atoms. The van der Waals surface area contributed by atoms with Gasteiger partial charge in [-0.1, -0.05) is 18.6 Å². The number of carbonyl (C=O) groups is 3. The van der Waals surface area contributed by atoms with Gasteiger partial charge in [-0.05, 0) is 37.0 Å². The van der Waals surface area contributed by atoms with Crippen LogP contribution < -0.4 is 0 Å². The molecule has 0 spiro atoms. The molecule has 1 fully saturated rings. The molecule has 1 aromatic carbocycles. The van der Waals surface area contributed by atoms with Crippen molar-refractivity contribution in [2.45, 2.75) is 37.8 Å². The lowest BCUT2D eigenvalue weighted by Crippen LogP contribution is -2.39. The van der Waals surface area contributed by atoms with E-state index in [-0.39, 0.29) is 29.5 Å². The first-order valence-electron chi connectivity index (χ1n) is 10.00. The van der Waals surface area contributed by atoms with Crippen molar-refractivity contribution in [2.24, 2.45) is 5.92 Å². The van der Waals surface area contributed by atoms with Crippen molar-refractivity contribution < 1.29 is 28.6 Å². The number of esters is 1. The number of hydrogen-bond acceptors (Lipinski definition) is 6. The third-order valence-corrected chi connectivity index (χ3v) is 6.04. The van der Waals surface area contributed by atoms with E-state index in [1.54, 1.807) is 36.3 Å². The van der Waals surface area contributed by atoms with Gasteiger partial charge in [0.25, 0.3) is 5.91 Å². The normalized spacial score (nSPS) is 26.1. The number of ether oxygens (including phenoxy) is 3. The third-order valence-electron chi connectivity index (χ3n) is 6.04. The number of amides is 1. The summed E-state index contributed by atoms with van der Waals surface area (Å²) < 4.78 is 16.0. The second-order valence-electron chi connectivity index (χ2n) is 7.66. The SMILES string of the molecule is COCCN1C(=O)C2=C(C(=O)C3CCCCC3O2)C1c1ccc(C(=O)OC)cc1. The van der Waals surface area contributed by atoms with Crippen molar-refractivity contribution in [1.82, 2.24) is 4.90 Å². The molecular formula is C22H25NO6. The fraction of sp³-hybridized carbons (Fsp3) is 0.500. The van der Waals surface area contributed by atoms with Crippen molar-refractivity contribution in [2.75, 3.05) is 27.4 Å². The summed E-state index contributed by atoms with van der Waals surface area (Å²) >= 11 is 0. The number of benzene rings is 1. The highest BCUT2D eigenvalue weighted by Crippen LogP contribution is 2.46. The molecule has 29 heavy (non-hydrogen) atoms. The van der Waals surface area contributed by atoms with Crippen LogP contribution in [0, 0.1) is 5.92 Å². The Morgan fingerprint density at radius 1 is 1.14 bits per heavy atom. The summed E-state index contributed by atoms with van der Waals surface area (Å²) in [5, 5.41) is 0. The molecule has 3 unspecified atom stereocenters. The van der Waals surface area contributed by atoms with Crippen LogP contribution in [0.15, 0.2) is 35.6 Å². The van der Waals surface area contributed by atoms with Crippen LogP contribution in [0.3, 0.4) is 0 Å². The molecule has 0 N–H and O–H groups in total. The molecule has 4 rings (SSSR count). The lowest BCUT2D eigenvalue weighted by molar-refractivity contribution is -0.135. The summed E-state index contributed by atoms with van der Waals surface area (Å²) in [5.74, 6) is -0.675. The van der Waals surface area contributed by atoms with Crippen LogP contribution in [0.25, 0.3) is 0 Å². The van der Waals surface area contributed by atoms with Gasteiger partial charge in [-0.3, -0.25) is 9.59 Å². The Hall–Kier alpha value is -2.67. The summed E-state index contributed by atoms with van der Waals surface area (Å²) in [7, 11) is 2.90. The zero-order chi connectivity index (χ0) is 20.5. The highest BCUT2D eigenvalue weighted by atomic mass is 16.5. The third kappa shape index (κ3) is 3.33. The minimum atomic E-state index is -0.533. The Morgan fingerprint density at radius 3 is 2.55 bits per heavy atom. The summed E-state index contributed by atoms with van der Waals surface area (Å²) in [6.07, 6.45) is 3.40. The van der Waals surface area contributed by atoms with E-state index in [1.165, 1.54) is 7.11 Å². The molecule has 0 aromatic heterocycles. The highest BCUT2D eigenvalue weighted by molar-refractivity contribution is 6.11. The van der Waals surface area contributed by atoms with E-state index in [1.807, 2.05) is 0 Å². The number of rotatable bonds is 5. The zero-order valence-corrected chi connectivity index (χ0v) is 16.7. The van der Waals surface area contributed by atoms with Gasteiger partial charge >= 0.3 is 5.97 Å². The van der Waals surface area contributed by atoms with Gasteiger partial charge in [0.15, 0.2) is 11.5 Å². The molecule has 2 heterocycles. The van der Waals surface area contributed by atoms with Gasteiger partial charge < -0.3 is 19.1 Å². The highest BCUT2D eigenvalue weighted by Gasteiger charge is 2.51. The van der Waals surface area contributed by atoms with E-state index in [9.17, 15) is 14.4 Å². The van der Waals surface area contributed by atoms with Crippen LogP contribution in [0.4, 0.5) is 0 Å². The van der Waals surface area contributed by atoms with Gasteiger partial charge in [0.2, 0.25) is 0 Å². The maximum absolute atomic E-state index is 13.4. The van der Waals surface area contributed by atoms with Gasteiger partial charge in [-0.25, -0.2) is 4.79 Å². The van der Waals surface area contributed by atoms with Crippen LogP contribution in [0.5, 0.6) is 0 Å². The quantitative estimate of drug-likeness (QED) is 0.708. The molecule has 154 valence electrons. The Balaban J connectivity index is 1.73. The number of ketones is 1. The van der Waals surface area contributed by atoms with E-state index in [0.29, 0.717) is 24.3 Å². The first-order chi connectivity index (χ1) is 14.1. The van der Waals surface area contributed by atoms with Gasteiger partial charge in [-0.2, -0.15) is 0 Å². The van der Waals surface area contributed by atoms with Crippen LogP contribution in [-0.4, -0.2) is 56.0 Å². The van der Waals surface area contributed by atoms with E-state index < -0.39 is 12.0 Å².